The summed E-state index contributed by atoms with van der Waals surface area (Å²) in [4.78, 5) is 28.8. The number of carbonyl (C=O) groups is 2. The average Bonchev–Trinajstić information content (AvgIpc) is 3.42. The normalized spacial score (nSPS) is 15.6. The second-order valence-corrected chi connectivity index (χ2v) is 8.77. The molecular formula is C28H22ClNO6. The van der Waals surface area contributed by atoms with E-state index < -0.39 is 23.5 Å². The highest BCUT2D eigenvalue weighted by atomic mass is 35.5. The quantitative estimate of drug-likeness (QED) is 0.315. The topological polar surface area (TPSA) is 89.2 Å². The lowest BCUT2D eigenvalue weighted by Gasteiger charge is -2.29. The summed E-state index contributed by atoms with van der Waals surface area (Å²) in [6, 6.07) is 18.1. The molecule has 1 amide bonds. The van der Waals surface area contributed by atoms with Gasteiger partial charge in [0.2, 0.25) is 5.78 Å². The third-order valence-corrected chi connectivity index (χ3v) is 6.47. The van der Waals surface area contributed by atoms with Gasteiger partial charge in [-0.25, -0.2) is 0 Å². The zero-order chi connectivity index (χ0) is 25.6. The van der Waals surface area contributed by atoms with Gasteiger partial charge in [0.05, 0.1) is 25.8 Å². The first-order valence-electron chi connectivity index (χ1n) is 11.1. The molecule has 2 heterocycles. The minimum absolute atomic E-state index is 0.0635. The molecule has 0 saturated carbocycles. The van der Waals surface area contributed by atoms with E-state index in [0.29, 0.717) is 38.7 Å². The van der Waals surface area contributed by atoms with Gasteiger partial charge in [0.1, 0.15) is 5.75 Å². The molecule has 8 heteroatoms. The van der Waals surface area contributed by atoms with Gasteiger partial charge in [-0.3, -0.25) is 14.5 Å². The summed E-state index contributed by atoms with van der Waals surface area (Å²) in [7, 11) is 2.98. The number of methoxy groups -OCH3 is 2. The van der Waals surface area contributed by atoms with E-state index in [-0.39, 0.29) is 11.3 Å². The number of para-hydroxylation sites is 2. The number of fused-ring (bicyclic) bond motifs is 1. The van der Waals surface area contributed by atoms with Crippen LogP contribution in [0.15, 0.2) is 82.5 Å². The van der Waals surface area contributed by atoms with E-state index in [9.17, 15) is 14.7 Å². The summed E-state index contributed by atoms with van der Waals surface area (Å²) in [6.45, 7) is 1.86. The van der Waals surface area contributed by atoms with Crippen molar-refractivity contribution < 1.29 is 28.6 Å². The van der Waals surface area contributed by atoms with Crippen LogP contribution in [0.1, 0.15) is 27.7 Å². The molecule has 4 aromatic rings. The molecule has 0 saturated heterocycles. The number of carbonyl (C=O) groups excluding carboxylic acids is 2. The molecule has 0 fully saturated rings. The Morgan fingerprint density at radius 1 is 1.00 bits per heavy atom. The summed E-state index contributed by atoms with van der Waals surface area (Å²) < 4.78 is 16.8. The first-order chi connectivity index (χ1) is 17.3. The summed E-state index contributed by atoms with van der Waals surface area (Å²) in [6.07, 6.45) is 0. The van der Waals surface area contributed by atoms with Crippen LogP contribution in [-0.4, -0.2) is 31.0 Å². The summed E-state index contributed by atoms with van der Waals surface area (Å²) in [5.74, 6) is -1.22. The fraction of sp³-hybridized carbons (Fsp3) is 0.143. The van der Waals surface area contributed by atoms with Gasteiger partial charge in [0, 0.05) is 27.7 Å². The van der Waals surface area contributed by atoms with Crippen LogP contribution in [0, 0.1) is 6.92 Å². The fourth-order valence-corrected chi connectivity index (χ4v) is 4.80. The van der Waals surface area contributed by atoms with Gasteiger partial charge in [-0.15, -0.1) is 0 Å². The van der Waals surface area contributed by atoms with Crippen LogP contribution >= 0.6 is 11.6 Å². The monoisotopic (exact) mass is 503 g/mol. The van der Waals surface area contributed by atoms with Crippen molar-refractivity contribution in [3.8, 4) is 11.5 Å². The zero-order valence-corrected chi connectivity index (χ0v) is 20.5. The van der Waals surface area contributed by atoms with Gasteiger partial charge < -0.3 is 19.0 Å². The highest BCUT2D eigenvalue weighted by molar-refractivity contribution is 6.31. The molecule has 1 aliphatic heterocycles. The molecule has 1 atom stereocenters. The zero-order valence-electron chi connectivity index (χ0n) is 19.7. The highest BCUT2D eigenvalue weighted by Crippen LogP contribution is 2.46. The minimum Gasteiger partial charge on any atom is -0.503 e. The molecular weight excluding hydrogens is 482 g/mol. The first-order valence-corrected chi connectivity index (χ1v) is 11.5. The number of rotatable bonds is 6. The lowest BCUT2D eigenvalue weighted by molar-refractivity contribution is -0.117. The molecule has 1 N–H and O–H groups in total. The second kappa shape index (κ2) is 9.09. The highest BCUT2D eigenvalue weighted by Gasteiger charge is 2.46. The molecule has 3 aromatic carbocycles. The maximum Gasteiger partial charge on any atom is 0.294 e. The summed E-state index contributed by atoms with van der Waals surface area (Å²) in [5.41, 5.74) is 2.12. The Balaban J connectivity index is 1.71. The SMILES string of the molecule is COc1ccccc1C1C(C(=O)c2cc3cc(Cl)cc(OC)c3o2)=C(O)C(=O)N1c1ccccc1C. The van der Waals surface area contributed by atoms with E-state index in [4.69, 9.17) is 25.5 Å². The Morgan fingerprint density at radius 2 is 1.69 bits per heavy atom. The van der Waals surface area contributed by atoms with Crippen LogP contribution in [0.3, 0.4) is 0 Å². The molecule has 0 aliphatic carbocycles. The third-order valence-electron chi connectivity index (χ3n) is 6.25. The van der Waals surface area contributed by atoms with Crippen molar-refractivity contribution in [1.82, 2.24) is 0 Å². The number of anilines is 1. The van der Waals surface area contributed by atoms with E-state index in [1.54, 1.807) is 48.5 Å². The number of hydrogen-bond acceptors (Lipinski definition) is 6. The summed E-state index contributed by atoms with van der Waals surface area (Å²) in [5, 5.41) is 12.0. The van der Waals surface area contributed by atoms with Crippen LogP contribution in [0.25, 0.3) is 11.0 Å². The number of halogens is 1. The van der Waals surface area contributed by atoms with E-state index in [2.05, 4.69) is 0 Å². The Kier molecular flexibility index (Phi) is 5.94. The fourth-order valence-electron chi connectivity index (χ4n) is 4.59. The van der Waals surface area contributed by atoms with Gasteiger partial charge in [0.25, 0.3) is 5.91 Å². The van der Waals surface area contributed by atoms with Crippen LogP contribution in [-0.2, 0) is 4.79 Å². The maximum absolute atomic E-state index is 13.9. The molecule has 1 unspecified atom stereocenters. The number of aryl methyl sites for hydroxylation is 1. The molecule has 182 valence electrons. The average molecular weight is 504 g/mol. The predicted molar refractivity (Wildman–Crippen MR) is 136 cm³/mol. The Morgan fingerprint density at radius 3 is 2.42 bits per heavy atom. The largest absolute Gasteiger partial charge is 0.503 e. The van der Waals surface area contributed by atoms with E-state index >= 15 is 0 Å². The number of nitrogens with zero attached hydrogens (tertiary/aromatic N) is 1. The molecule has 1 aromatic heterocycles. The van der Waals surface area contributed by atoms with Crippen LogP contribution in [0.5, 0.6) is 11.5 Å². The van der Waals surface area contributed by atoms with Gasteiger partial charge in [-0.2, -0.15) is 0 Å². The van der Waals surface area contributed by atoms with Crippen LogP contribution in [0.2, 0.25) is 5.02 Å². The Hall–Kier alpha value is -4.23. The Labute approximate surface area is 212 Å². The number of aliphatic hydroxyl groups excluding tert-OH is 1. The number of amides is 1. The smallest absolute Gasteiger partial charge is 0.294 e. The molecule has 0 spiro atoms. The molecule has 1 aliphatic rings. The Bertz CT molecular complexity index is 1550. The standard InChI is InChI=1S/C28H22ClNO6/c1-15-8-4-6-10-19(15)30-24(18-9-5-7-11-20(18)34-2)23(26(32)28(30)33)25(31)21-13-16-12-17(29)14-22(35-3)27(16)36-21/h4-14,24,32H,1-3H3. The number of aliphatic hydroxyl groups is 1. The van der Waals surface area contributed by atoms with E-state index in [1.807, 2.05) is 19.1 Å². The lowest BCUT2D eigenvalue weighted by Crippen LogP contribution is -2.31. The number of furan rings is 1. The van der Waals surface area contributed by atoms with Crippen molar-refractivity contribution in [2.24, 2.45) is 0 Å². The van der Waals surface area contributed by atoms with Gasteiger partial charge in [-0.05, 0) is 36.8 Å². The lowest BCUT2D eigenvalue weighted by atomic mass is 9.93. The van der Waals surface area contributed by atoms with Crippen molar-refractivity contribution in [3.63, 3.8) is 0 Å². The second-order valence-electron chi connectivity index (χ2n) is 8.33. The third kappa shape index (κ3) is 3.69. The van der Waals surface area contributed by atoms with E-state index in [1.165, 1.54) is 25.2 Å². The number of Topliss-reactive ketones (excluding diaryl/α,β-unsaturated/α-hetero) is 1. The number of hydrogen-bond donors (Lipinski definition) is 1. The molecule has 0 bridgehead atoms. The van der Waals surface area contributed by atoms with Crippen LogP contribution < -0.4 is 14.4 Å². The number of ketones is 1. The van der Waals surface area contributed by atoms with Gasteiger partial charge in [0.15, 0.2) is 22.9 Å². The predicted octanol–water partition coefficient (Wildman–Crippen LogP) is 6.19. The van der Waals surface area contributed by atoms with Gasteiger partial charge in [-0.1, -0.05) is 48.0 Å². The maximum atomic E-state index is 13.9. The molecule has 0 radical (unpaired) electrons. The van der Waals surface area contributed by atoms with E-state index in [0.717, 1.165) is 5.56 Å². The minimum atomic E-state index is -0.957. The van der Waals surface area contributed by atoms with Crippen molar-refractivity contribution in [3.05, 3.63) is 100.0 Å². The van der Waals surface area contributed by atoms with Crippen molar-refractivity contribution in [1.29, 1.82) is 0 Å². The molecule has 5 rings (SSSR count). The summed E-state index contributed by atoms with van der Waals surface area (Å²) >= 11 is 6.18. The van der Waals surface area contributed by atoms with Crippen molar-refractivity contribution in [2.75, 3.05) is 19.1 Å². The van der Waals surface area contributed by atoms with Crippen molar-refractivity contribution in [2.45, 2.75) is 13.0 Å². The van der Waals surface area contributed by atoms with Crippen LogP contribution in [0.4, 0.5) is 5.69 Å². The van der Waals surface area contributed by atoms with Crippen molar-refractivity contribution >= 4 is 39.9 Å². The number of benzene rings is 3. The first kappa shape index (κ1) is 23.5. The van der Waals surface area contributed by atoms with Gasteiger partial charge >= 0.3 is 0 Å². The molecule has 36 heavy (non-hydrogen) atoms. The molecule has 7 nitrogen and oxygen atoms in total. The number of ether oxygens (including phenoxy) is 2.